The number of nitrogens with zero attached hydrogens (tertiary/aromatic N) is 1. The van der Waals surface area contributed by atoms with Crippen LogP contribution in [-0.2, 0) is 9.84 Å². The van der Waals surface area contributed by atoms with Crippen LogP contribution in [0.1, 0.15) is 32.6 Å². The second-order valence-electron chi connectivity index (χ2n) is 5.84. The van der Waals surface area contributed by atoms with E-state index in [4.69, 9.17) is 0 Å². The molecule has 0 aromatic heterocycles. The minimum atomic E-state index is -2.98. The van der Waals surface area contributed by atoms with E-state index >= 15 is 0 Å². The molecular weight excluding hydrogens is 280 g/mol. The van der Waals surface area contributed by atoms with Crippen LogP contribution in [0, 0.1) is 0 Å². The summed E-state index contributed by atoms with van der Waals surface area (Å²) in [5.74, 6) is 1.76. The molecule has 2 fully saturated rings. The molecule has 0 radical (unpaired) electrons. The summed E-state index contributed by atoms with van der Waals surface area (Å²) >= 11 is 1.75. The van der Waals surface area contributed by atoms with Crippen molar-refractivity contribution in [3.8, 4) is 0 Å². The minimum absolute atomic E-state index is 0.293. The van der Waals surface area contributed by atoms with Crippen molar-refractivity contribution >= 4 is 21.6 Å². The van der Waals surface area contributed by atoms with Gasteiger partial charge in [0.15, 0.2) is 9.84 Å². The molecule has 2 atom stereocenters. The first-order chi connectivity index (χ1) is 8.98. The summed E-state index contributed by atoms with van der Waals surface area (Å²) in [4.78, 5) is 2.17. The predicted octanol–water partition coefficient (Wildman–Crippen LogP) is 1.33. The van der Waals surface area contributed by atoms with E-state index in [1.54, 1.807) is 11.8 Å². The Hall–Kier alpha value is 0.220. The smallest absolute Gasteiger partial charge is 0.164 e. The van der Waals surface area contributed by atoms with Crippen LogP contribution in [0.3, 0.4) is 0 Å². The lowest BCUT2D eigenvalue weighted by Crippen LogP contribution is -2.54. The molecule has 1 heterocycles. The van der Waals surface area contributed by atoms with Gasteiger partial charge in [0.1, 0.15) is 5.37 Å². The lowest BCUT2D eigenvalue weighted by molar-refractivity contribution is 0.197. The normalized spacial score (nSPS) is 28.6. The molecule has 1 N–H and O–H groups in total. The Bertz CT molecular complexity index is 380. The third-order valence-electron chi connectivity index (χ3n) is 4.24. The maximum absolute atomic E-state index is 11.9. The number of sulfone groups is 1. The van der Waals surface area contributed by atoms with Gasteiger partial charge in [-0.1, -0.05) is 12.8 Å². The molecule has 2 aliphatic rings. The van der Waals surface area contributed by atoms with Crippen LogP contribution in [0.2, 0.25) is 0 Å². The molecule has 2 unspecified atom stereocenters. The van der Waals surface area contributed by atoms with Crippen LogP contribution < -0.4 is 5.32 Å². The molecule has 1 saturated heterocycles. The molecule has 0 spiro atoms. The van der Waals surface area contributed by atoms with Crippen LogP contribution in [-0.4, -0.2) is 61.6 Å². The maximum atomic E-state index is 11.9. The SMILES string of the molecule is CC(CNC1CCCC1)N1CCSCC1S(C)(=O)=O. The van der Waals surface area contributed by atoms with Crippen LogP contribution >= 0.6 is 11.8 Å². The van der Waals surface area contributed by atoms with Crippen molar-refractivity contribution < 1.29 is 8.42 Å². The zero-order valence-electron chi connectivity index (χ0n) is 12.0. The molecule has 1 aliphatic heterocycles. The average Bonchev–Trinajstić information content (AvgIpc) is 2.88. The van der Waals surface area contributed by atoms with E-state index in [-0.39, 0.29) is 5.37 Å². The van der Waals surface area contributed by atoms with Crippen LogP contribution in [0.25, 0.3) is 0 Å². The van der Waals surface area contributed by atoms with Crippen molar-refractivity contribution in [1.29, 1.82) is 0 Å². The van der Waals surface area contributed by atoms with E-state index in [1.165, 1.54) is 31.9 Å². The highest BCUT2D eigenvalue weighted by Gasteiger charge is 2.33. The Labute approximate surface area is 121 Å². The molecule has 6 heteroatoms. The van der Waals surface area contributed by atoms with Gasteiger partial charge in [0.25, 0.3) is 0 Å². The molecule has 0 aromatic rings. The average molecular weight is 306 g/mol. The quantitative estimate of drug-likeness (QED) is 0.830. The second kappa shape index (κ2) is 6.78. The molecule has 4 nitrogen and oxygen atoms in total. The summed E-state index contributed by atoms with van der Waals surface area (Å²) in [6.45, 7) is 3.94. The van der Waals surface area contributed by atoms with E-state index in [0.717, 1.165) is 18.8 Å². The van der Waals surface area contributed by atoms with Gasteiger partial charge in [0, 0.05) is 42.9 Å². The summed E-state index contributed by atoms with van der Waals surface area (Å²) < 4.78 is 23.8. The summed E-state index contributed by atoms with van der Waals surface area (Å²) in [6, 6.07) is 0.944. The fourth-order valence-corrected chi connectivity index (χ4v) is 6.03. The first-order valence-corrected chi connectivity index (χ1v) is 10.3. The van der Waals surface area contributed by atoms with Gasteiger partial charge in [0.05, 0.1) is 0 Å². The standard InChI is InChI=1S/C13H26N2O2S2/c1-11(9-14-12-5-3-4-6-12)15-7-8-18-10-13(15)19(2,16)17/h11-14H,3-10H2,1-2H3. The predicted molar refractivity (Wildman–Crippen MR) is 82.4 cm³/mol. The van der Waals surface area contributed by atoms with E-state index in [9.17, 15) is 8.42 Å². The largest absolute Gasteiger partial charge is 0.312 e. The molecule has 19 heavy (non-hydrogen) atoms. The highest BCUT2D eigenvalue weighted by atomic mass is 32.2. The summed E-state index contributed by atoms with van der Waals surface area (Å²) in [5, 5.41) is 3.31. The van der Waals surface area contributed by atoms with Gasteiger partial charge in [-0.3, -0.25) is 4.90 Å². The third kappa shape index (κ3) is 4.34. The van der Waals surface area contributed by atoms with E-state index in [0.29, 0.717) is 17.8 Å². The lowest BCUT2D eigenvalue weighted by atomic mass is 10.2. The zero-order valence-corrected chi connectivity index (χ0v) is 13.6. The number of thioether (sulfide) groups is 1. The van der Waals surface area contributed by atoms with Gasteiger partial charge < -0.3 is 5.32 Å². The Kier molecular flexibility index (Phi) is 5.57. The molecule has 1 aliphatic carbocycles. The third-order valence-corrected chi connectivity index (χ3v) is 6.90. The van der Waals surface area contributed by atoms with Gasteiger partial charge in [-0.25, -0.2) is 8.42 Å². The first-order valence-electron chi connectivity index (χ1n) is 7.24. The van der Waals surface area contributed by atoms with Crippen LogP contribution in [0.15, 0.2) is 0 Å². The molecule has 112 valence electrons. The zero-order chi connectivity index (χ0) is 13.9. The van der Waals surface area contributed by atoms with Gasteiger partial charge in [-0.15, -0.1) is 0 Å². The Morgan fingerprint density at radius 1 is 1.37 bits per heavy atom. The summed E-state index contributed by atoms with van der Waals surface area (Å²) in [7, 11) is -2.98. The van der Waals surface area contributed by atoms with Gasteiger partial charge in [-0.05, 0) is 19.8 Å². The molecule has 2 rings (SSSR count). The van der Waals surface area contributed by atoms with E-state index in [2.05, 4.69) is 17.1 Å². The van der Waals surface area contributed by atoms with Gasteiger partial charge in [0.2, 0.25) is 0 Å². The maximum Gasteiger partial charge on any atom is 0.164 e. The van der Waals surface area contributed by atoms with Crippen molar-refractivity contribution in [3.05, 3.63) is 0 Å². The second-order valence-corrected chi connectivity index (χ2v) is 9.19. The number of rotatable bonds is 5. The summed E-state index contributed by atoms with van der Waals surface area (Å²) in [5.41, 5.74) is 0. The van der Waals surface area contributed by atoms with Crippen molar-refractivity contribution in [2.24, 2.45) is 0 Å². The van der Waals surface area contributed by atoms with Crippen molar-refractivity contribution in [1.82, 2.24) is 10.2 Å². The monoisotopic (exact) mass is 306 g/mol. The van der Waals surface area contributed by atoms with Crippen molar-refractivity contribution in [3.63, 3.8) is 0 Å². The fourth-order valence-electron chi connectivity index (χ4n) is 3.05. The van der Waals surface area contributed by atoms with E-state index in [1.807, 2.05) is 0 Å². The molecule has 0 amide bonds. The molecule has 0 aromatic carbocycles. The Balaban J connectivity index is 1.89. The fraction of sp³-hybridized carbons (Fsp3) is 1.00. The van der Waals surface area contributed by atoms with Crippen molar-refractivity contribution in [2.45, 2.75) is 50.1 Å². The Morgan fingerprint density at radius 3 is 2.68 bits per heavy atom. The molecule has 0 bridgehead atoms. The lowest BCUT2D eigenvalue weighted by Gasteiger charge is -2.38. The van der Waals surface area contributed by atoms with E-state index < -0.39 is 9.84 Å². The van der Waals surface area contributed by atoms with Crippen molar-refractivity contribution in [2.75, 3.05) is 30.9 Å². The summed E-state index contributed by atoms with van der Waals surface area (Å²) in [6.07, 6.45) is 6.58. The highest BCUT2D eigenvalue weighted by molar-refractivity contribution is 8.00. The minimum Gasteiger partial charge on any atom is -0.312 e. The van der Waals surface area contributed by atoms with Crippen LogP contribution in [0.4, 0.5) is 0 Å². The first kappa shape index (κ1) is 15.6. The number of hydrogen-bond donors (Lipinski definition) is 1. The molecular formula is C13H26N2O2S2. The number of hydrogen-bond acceptors (Lipinski definition) is 5. The topological polar surface area (TPSA) is 49.4 Å². The number of nitrogens with one attached hydrogen (secondary N) is 1. The van der Waals surface area contributed by atoms with Gasteiger partial charge >= 0.3 is 0 Å². The highest BCUT2D eigenvalue weighted by Crippen LogP contribution is 2.23. The molecule has 1 saturated carbocycles. The van der Waals surface area contributed by atoms with Gasteiger partial charge in [-0.2, -0.15) is 11.8 Å². The Morgan fingerprint density at radius 2 is 2.05 bits per heavy atom. The van der Waals surface area contributed by atoms with Crippen LogP contribution in [0.5, 0.6) is 0 Å².